The van der Waals surface area contributed by atoms with Crippen LogP contribution < -0.4 is 0 Å². The van der Waals surface area contributed by atoms with E-state index in [0.717, 1.165) is 108 Å². The highest BCUT2D eigenvalue weighted by atomic mass is 31.2. The minimum absolute atomic E-state index is 0.101. The van der Waals surface area contributed by atoms with Crippen LogP contribution in [0.4, 0.5) is 0 Å². The normalized spacial score (nSPS) is 14.3. The third kappa shape index (κ3) is 62.8. The number of aliphatic hydroxyl groups excluding tert-OH is 1. The maximum Gasteiger partial charge on any atom is 0.472 e. The quantitative estimate of drug-likeness (QED) is 0.0222. The number of hydrogen-bond donors (Lipinski definition) is 3. The van der Waals surface area contributed by atoms with Crippen molar-refractivity contribution in [1.82, 2.24) is 0 Å². The summed E-state index contributed by atoms with van der Waals surface area (Å²) in [5.41, 5.74) is 0. The van der Waals surface area contributed by atoms with Gasteiger partial charge in [-0.15, -0.1) is 0 Å². The Morgan fingerprint density at radius 1 is 0.284 bits per heavy atom. The summed E-state index contributed by atoms with van der Waals surface area (Å²) in [6.45, 7) is 14.0. The van der Waals surface area contributed by atoms with E-state index < -0.39 is 97.5 Å². The van der Waals surface area contributed by atoms with Crippen molar-refractivity contribution in [2.75, 3.05) is 39.6 Å². The Morgan fingerprint density at radius 2 is 0.477 bits per heavy atom. The van der Waals surface area contributed by atoms with Gasteiger partial charge >= 0.3 is 39.5 Å². The van der Waals surface area contributed by atoms with E-state index in [1.165, 1.54) is 141 Å². The molecule has 522 valence electrons. The van der Waals surface area contributed by atoms with E-state index in [9.17, 15) is 43.2 Å². The lowest BCUT2D eigenvalue weighted by molar-refractivity contribution is -0.161. The predicted molar refractivity (Wildman–Crippen MR) is 354 cm³/mol. The summed E-state index contributed by atoms with van der Waals surface area (Å²) in [5.74, 6) is 0.797. The standard InChI is InChI=1S/C69H134O17P2/c1-59(2)45-37-29-21-15-11-9-13-17-24-33-41-49-66(71)79-56-65(86-69(74)52-44-36-28-27-32-40-48-62(7)8)58-84-88(77,78)82-54-63(70)53-81-87(75,76)83-57-64(55-80-67(72)50-42-34-25-20-19-23-31-39-47-61(5)6)85-68(73)51-43-35-26-18-14-10-12-16-22-30-38-46-60(3)4/h59-65,70H,9-58H2,1-8H3,(H,75,76)(H,77,78)/t63?,64-,65-/m1/s1. The topological polar surface area (TPSA) is 237 Å². The molecule has 88 heavy (non-hydrogen) atoms. The van der Waals surface area contributed by atoms with E-state index in [4.69, 9.17) is 37.0 Å². The molecule has 3 unspecified atom stereocenters. The summed E-state index contributed by atoms with van der Waals surface area (Å²) in [7, 11) is -9.90. The summed E-state index contributed by atoms with van der Waals surface area (Å²) in [6.07, 6.45) is 40.5. The Hall–Kier alpha value is -1.94. The fourth-order valence-corrected chi connectivity index (χ4v) is 11.9. The van der Waals surface area contributed by atoms with Crippen LogP contribution in [0.25, 0.3) is 0 Å². The Bertz CT molecular complexity index is 1750. The maximum absolute atomic E-state index is 13.0. The molecule has 0 amide bonds. The van der Waals surface area contributed by atoms with E-state index in [1.54, 1.807) is 0 Å². The van der Waals surface area contributed by atoms with Gasteiger partial charge in [0.15, 0.2) is 12.2 Å². The molecule has 0 bridgehead atoms. The van der Waals surface area contributed by atoms with Crippen molar-refractivity contribution < 1.29 is 80.2 Å². The second kappa shape index (κ2) is 58.8. The van der Waals surface area contributed by atoms with Crippen LogP contribution in [0.3, 0.4) is 0 Å². The summed E-state index contributed by atoms with van der Waals surface area (Å²) in [4.78, 5) is 72.4. The Kier molecular flexibility index (Phi) is 57.6. The first-order valence-corrected chi connectivity index (χ1v) is 38.7. The molecule has 0 rings (SSSR count). The first-order valence-electron chi connectivity index (χ1n) is 35.7. The highest BCUT2D eigenvalue weighted by Crippen LogP contribution is 2.45. The molecule has 0 aromatic carbocycles. The van der Waals surface area contributed by atoms with Gasteiger partial charge in [-0.05, 0) is 49.4 Å². The molecule has 17 nitrogen and oxygen atoms in total. The van der Waals surface area contributed by atoms with Gasteiger partial charge in [0.1, 0.15) is 19.3 Å². The van der Waals surface area contributed by atoms with Gasteiger partial charge in [0, 0.05) is 25.7 Å². The van der Waals surface area contributed by atoms with E-state index in [2.05, 4.69) is 55.4 Å². The molecule has 0 aliphatic carbocycles. The number of hydrogen-bond acceptors (Lipinski definition) is 15. The van der Waals surface area contributed by atoms with Gasteiger partial charge in [-0.25, -0.2) is 9.13 Å². The number of aliphatic hydroxyl groups is 1. The van der Waals surface area contributed by atoms with Gasteiger partial charge in [0.2, 0.25) is 0 Å². The number of ether oxygens (including phenoxy) is 4. The molecule has 3 N–H and O–H groups in total. The SMILES string of the molecule is CC(C)CCCCCCCCCCCCCC(=O)OC[C@H](COP(=O)(O)OCC(O)COP(=O)(O)OC[C@@H](COC(=O)CCCCCCCCCCC(C)C)OC(=O)CCCCCCCCCCCCCC(C)C)OC(=O)CCCCCCCCC(C)C. The number of phosphoric acid groups is 2. The lowest BCUT2D eigenvalue weighted by Gasteiger charge is -2.21. The number of phosphoric ester groups is 2. The van der Waals surface area contributed by atoms with Crippen LogP contribution in [-0.4, -0.2) is 96.7 Å². The second-order valence-corrected chi connectivity index (χ2v) is 29.7. The zero-order valence-corrected chi connectivity index (χ0v) is 59.1. The van der Waals surface area contributed by atoms with Crippen molar-refractivity contribution in [1.29, 1.82) is 0 Å². The summed E-state index contributed by atoms with van der Waals surface area (Å²) in [5, 5.41) is 10.6. The predicted octanol–water partition coefficient (Wildman–Crippen LogP) is 19.3. The van der Waals surface area contributed by atoms with E-state index in [0.29, 0.717) is 31.6 Å². The van der Waals surface area contributed by atoms with Gasteiger partial charge in [-0.3, -0.25) is 37.3 Å². The monoisotopic (exact) mass is 1300 g/mol. The molecular weight excluding hydrogens is 1160 g/mol. The molecule has 0 saturated carbocycles. The van der Waals surface area contributed by atoms with Crippen LogP contribution >= 0.6 is 15.6 Å². The van der Waals surface area contributed by atoms with E-state index in [1.807, 2.05) is 0 Å². The number of rotatable bonds is 66. The molecule has 19 heteroatoms. The van der Waals surface area contributed by atoms with E-state index >= 15 is 0 Å². The van der Waals surface area contributed by atoms with Crippen LogP contribution in [0, 0.1) is 23.7 Å². The molecule has 0 saturated heterocycles. The third-order valence-corrected chi connectivity index (χ3v) is 17.7. The van der Waals surface area contributed by atoms with Gasteiger partial charge in [0.05, 0.1) is 26.4 Å². The van der Waals surface area contributed by atoms with Crippen LogP contribution in [-0.2, 0) is 65.4 Å². The number of carbonyl (C=O) groups excluding carboxylic acids is 4. The van der Waals surface area contributed by atoms with Crippen LogP contribution in [0.2, 0.25) is 0 Å². The maximum atomic E-state index is 13.0. The minimum atomic E-state index is -4.95. The first-order chi connectivity index (χ1) is 42.1. The Balaban J connectivity index is 5.23. The molecule has 0 heterocycles. The molecule has 0 fully saturated rings. The molecule has 0 aromatic heterocycles. The average Bonchev–Trinajstić information content (AvgIpc) is 3.54. The van der Waals surface area contributed by atoms with Gasteiger partial charge in [-0.1, -0.05) is 287 Å². The Labute approximate surface area is 537 Å². The van der Waals surface area contributed by atoms with Crippen LogP contribution in [0.1, 0.15) is 338 Å². The summed E-state index contributed by atoms with van der Waals surface area (Å²) in [6, 6.07) is 0. The van der Waals surface area contributed by atoms with Crippen molar-refractivity contribution in [2.24, 2.45) is 23.7 Å². The van der Waals surface area contributed by atoms with E-state index in [-0.39, 0.29) is 25.7 Å². The van der Waals surface area contributed by atoms with Gasteiger partial charge < -0.3 is 33.8 Å². The van der Waals surface area contributed by atoms with Crippen molar-refractivity contribution in [3.05, 3.63) is 0 Å². The highest BCUT2D eigenvalue weighted by molar-refractivity contribution is 7.47. The zero-order valence-electron chi connectivity index (χ0n) is 57.3. The summed E-state index contributed by atoms with van der Waals surface area (Å²) < 4.78 is 68.2. The first kappa shape index (κ1) is 86.1. The molecule has 5 atom stereocenters. The molecule has 0 radical (unpaired) electrons. The molecule has 0 spiro atoms. The van der Waals surface area contributed by atoms with Crippen molar-refractivity contribution in [2.45, 2.75) is 356 Å². The lowest BCUT2D eigenvalue weighted by atomic mass is 10.0. The molecule has 0 aromatic rings. The zero-order chi connectivity index (χ0) is 65.4. The van der Waals surface area contributed by atoms with Gasteiger partial charge in [-0.2, -0.15) is 0 Å². The van der Waals surface area contributed by atoms with Gasteiger partial charge in [0.25, 0.3) is 0 Å². The largest absolute Gasteiger partial charge is 0.472 e. The number of unbranched alkanes of at least 4 members (excludes halogenated alkanes) is 32. The molecule has 0 aliphatic rings. The fourth-order valence-electron chi connectivity index (χ4n) is 10.3. The summed E-state index contributed by atoms with van der Waals surface area (Å²) >= 11 is 0. The smallest absolute Gasteiger partial charge is 0.462 e. The van der Waals surface area contributed by atoms with Crippen LogP contribution in [0.15, 0.2) is 0 Å². The average molecular weight is 1300 g/mol. The van der Waals surface area contributed by atoms with Crippen molar-refractivity contribution in [3.63, 3.8) is 0 Å². The molecular formula is C69H134O17P2. The Morgan fingerprint density at radius 3 is 0.705 bits per heavy atom. The number of carbonyl (C=O) groups is 4. The second-order valence-electron chi connectivity index (χ2n) is 26.8. The third-order valence-electron chi connectivity index (χ3n) is 15.8. The van der Waals surface area contributed by atoms with Crippen molar-refractivity contribution in [3.8, 4) is 0 Å². The van der Waals surface area contributed by atoms with Crippen LogP contribution in [0.5, 0.6) is 0 Å². The highest BCUT2D eigenvalue weighted by Gasteiger charge is 2.30. The number of esters is 4. The molecule has 0 aliphatic heterocycles. The minimum Gasteiger partial charge on any atom is -0.462 e. The lowest BCUT2D eigenvalue weighted by Crippen LogP contribution is -2.30. The van der Waals surface area contributed by atoms with Crippen molar-refractivity contribution >= 4 is 39.5 Å². The fraction of sp³-hybridized carbons (Fsp3) is 0.942.